The first-order chi connectivity index (χ1) is 7.08. The van der Waals surface area contributed by atoms with Crippen molar-refractivity contribution in [2.75, 3.05) is 32.8 Å². The first-order valence-corrected chi connectivity index (χ1v) is 6.11. The summed E-state index contributed by atoms with van der Waals surface area (Å²) in [5.74, 6) is 0.730. The van der Waals surface area contributed by atoms with E-state index in [4.69, 9.17) is 4.74 Å². The highest BCUT2D eigenvalue weighted by Crippen LogP contribution is 2.11. The zero-order valence-corrected chi connectivity index (χ0v) is 10.4. The molecule has 0 amide bonds. The molecule has 1 atom stereocenters. The third kappa shape index (κ3) is 6.88. The Morgan fingerprint density at radius 2 is 2.07 bits per heavy atom. The molecule has 0 spiro atoms. The van der Waals surface area contributed by atoms with Crippen LogP contribution in [0.1, 0.15) is 33.6 Å². The Balaban J connectivity index is 1.92. The fourth-order valence-corrected chi connectivity index (χ4v) is 1.80. The van der Waals surface area contributed by atoms with Crippen LogP contribution in [0.2, 0.25) is 0 Å². The van der Waals surface area contributed by atoms with E-state index < -0.39 is 0 Å². The molecule has 1 heterocycles. The minimum absolute atomic E-state index is 0.232. The molecule has 1 aliphatic heterocycles. The monoisotopic (exact) mass is 214 g/mol. The van der Waals surface area contributed by atoms with Gasteiger partial charge in [-0.1, -0.05) is 0 Å². The van der Waals surface area contributed by atoms with Crippen LogP contribution >= 0.6 is 0 Å². The van der Waals surface area contributed by atoms with E-state index in [-0.39, 0.29) is 5.54 Å². The van der Waals surface area contributed by atoms with Gasteiger partial charge in [0, 0.05) is 31.8 Å². The fraction of sp³-hybridized carbons (Fsp3) is 1.00. The molecule has 0 aromatic heterocycles. The minimum atomic E-state index is 0.232. The van der Waals surface area contributed by atoms with Gasteiger partial charge in [-0.25, -0.2) is 0 Å². The second kappa shape index (κ2) is 6.46. The molecule has 15 heavy (non-hydrogen) atoms. The second-order valence-corrected chi connectivity index (χ2v) is 5.46. The molecule has 1 unspecified atom stereocenters. The summed E-state index contributed by atoms with van der Waals surface area (Å²) in [6, 6.07) is 0. The molecule has 2 N–H and O–H groups in total. The summed E-state index contributed by atoms with van der Waals surface area (Å²) in [4.78, 5) is 0. The Kier molecular flexibility index (Phi) is 5.58. The van der Waals surface area contributed by atoms with Gasteiger partial charge in [-0.2, -0.15) is 0 Å². The van der Waals surface area contributed by atoms with Gasteiger partial charge < -0.3 is 15.4 Å². The summed E-state index contributed by atoms with van der Waals surface area (Å²) in [5.41, 5.74) is 0.232. The van der Waals surface area contributed by atoms with Crippen LogP contribution in [-0.4, -0.2) is 38.4 Å². The fourth-order valence-electron chi connectivity index (χ4n) is 1.80. The minimum Gasteiger partial charge on any atom is -0.381 e. The van der Waals surface area contributed by atoms with E-state index in [1.807, 2.05) is 0 Å². The maximum Gasteiger partial charge on any atom is 0.0506 e. The number of rotatable bonds is 5. The Labute approximate surface area is 94.0 Å². The molecule has 0 aromatic rings. The lowest BCUT2D eigenvalue weighted by atomic mass is 10.0. The summed E-state index contributed by atoms with van der Waals surface area (Å²) in [6.45, 7) is 11.7. The van der Waals surface area contributed by atoms with E-state index in [9.17, 15) is 0 Å². The molecular formula is C12H26N2O. The van der Waals surface area contributed by atoms with E-state index in [1.165, 1.54) is 12.8 Å². The highest BCUT2D eigenvalue weighted by molar-refractivity contribution is 4.71. The third-order valence-corrected chi connectivity index (χ3v) is 2.64. The summed E-state index contributed by atoms with van der Waals surface area (Å²) < 4.78 is 5.44. The van der Waals surface area contributed by atoms with Gasteiger partial charge in [0.25, 0.3) is 0 Å². The van der Waals surface area contributed by atoms with Crippen LogP contribution in [-0.2, 0) is 4.74 Å². The molecule has 0 saturated carbocycles. The number of nitrogens with one attached hydrogen (secondary N) is 2. The van der Waals surface area contributed by atoms with Crippen LogP contribution in [0, 0.1) is 5.92 Å². The average Bonchev–Trinajstić information content (AvgIpc) is 2.17. The van der Waals surface area contributed by atoms with Crippen molar-refractivity contribution >= 4 is 0 Å². The van der Waals surface area contributed by atoms with Crippen molar-refractivity contribution in [3.8, 4) is 0 Å². The van der Waals surface area contributed by atoms with Gasteiger partial charge in [0.15, 0.2) is 0 Å². The highest BCUT2D eigenvalue weighted by atomic mass is 16.5. The van der Waals surface area contributed by atoms with Crippen molar-refractivity contribution in [1.82, 2.24) is 10.6 Å². The van der Waals surface area contributed by atoms with E-state index in [0.29, 0.717) is 0 Å². The zero-order valence-electron chi connectivity index (χ0n) is 10.4. The van der Waals surface area contributed by atoms with Gasteiger partial charge in [-0.05, 0) is 39.5 Å². The van der Waals surface area contributed by atoms with Gasteiger partial charge in [-0.15, -0.1) is 0 Å². The second-order valence-electron chi connectivity index (χ2n) is 5.46. The van der Waals surface area contributed by atoms with Gasteiger partial charge in [0.2, 0.25) is 0 Å². The van der Waals surface area contributed by atoms with Gasteiger partial charge in [0.1, 0.15) is 0 Å². The predicted octanol–water partition coefficient (Wildman–Crippen LogP) is 1.39. The van der Waals surface area contributed by atoms with Crippen LogP contribution in [0.25, 0.3) is 0 Å². The van der Waals surface area contributed by atoms with Crippen molar-refractivity contribution in [1.29, 1.82) is 0 Å². The van der Waals surface area contributed by atoms with Crippen LogP contribution in [0.15, 0.2) is 0 Å². The molecule has 0 radical (unpaired) electrons. The summed E-state index contributed by atoms with van der Waals surface area (Å²) in [7, 11) is 0. The molecule has 1 rings (SSSR count). The molecule has 3 heteroatoms. The van der Waals surface area contributed by atoms with Gasteiger partial charge >= 0.3 is 0 Å². The molecule has 1 fully saturated rings. The molecular weight excluding hydrogens is 188 g/mol. The zero-order chi connectivity index (χ0) is 11.1. The predicted molar refractivity (Wildman–Crippen MR) is 64.2 cm³/mol. The standard InChI is InChI=1S/C12H26N2O/c1-12(2,3)14-7-6-13-9-11-5-4-8-15-10-11/h11,13-14H,4-10H2,1-3H3. The largest absolute Gasteiger partial charge is 0.381 e. The molecule has 90 valence electrons. The van der Waals surface area contributed by atoms with Crippen LogP contribution in [0.3, 0.4) is 0 Å². The summed E-state index contributed by atoms with van der Waals surface area (Å²) in [5, 5.41) is 6.95. The van der Waals surface area contributed by atoms with Crippen LogP contribution in [0.5, 0.6) is 0 Å². The molecule has 1 aliphatic rings. The van der Waals surface area contributed by atoms with E-state index in [0.717, 1.165) is 38.8 Å². The molecule has 0 aromatic carbocycles. The van der Waals surface area contributed by atoms with Gasteiger partial charge in [-0.3, -0.25) is 0 Å². The van der Waals surface area contributed by atoms with Crippen molar-refractivity contribution < 1.29 is 4.74 Å². The maximum absolute atomic E-state index is 5.44. The van der Waals surface area contributed by atoms with Crippen molar-refractivity contribution in [3.05, 3.63) is 0 Å². The lowest BCUT2D eigenvalue weighted by Gasteiger charge is -2.23. The Hall–Kier alpha value is -0.120. The van der Waals surface area contributed by atoms with Crippen molar-refractivity contribution in [3.63, 3.8) is 0 Å². The van der Waals surface area contributed by atoms with E-state index >= 15 is 0 Å². The Morgan fingerprint density at radius 1 is 1.27 bits per heavy atom. The number of ether oxygens (including phenoxy) is 1. The normalized spacial score (nSPS) is 23.0. The quantitative estimate of drug-likeness (QED) is 0.679. The molecule has 0 aliphatic carbocycles. The first-order valence-electron chi connectivity index (χ1n) is 6.11. The number of hydrogen-bond acceptors (Lipinski definition) is 3. The Bertz CT molecular complexity index is 159. The van der Waals surface area contributed by atoms with Gasteiger partial charge in [0.05, 0.1) is 6.61 Å². The maximum atomic E-state index is 5.44. The SMILES string of the molecule is CC(C)(C)NCCNCC1CCCOC1. The Morgan fingerprint density at radius 3 is 2.67 bits per heavy atom. The van der Waals surface area contributed by atoms with E-state index in [2.05, 4.69) is 31.4 Å². The number of hydrogen-bond donors (Lipinski definition) is 2. The molecule has 0 bridgehead atoms. The topological polar surface area (TPSA) is 33.3 Å². The lowest BCUT2D eigenvalue weighted by molar-refractivity contribution is 0.0549. The van der Waals surface area contributed by atoms with Crippen LogP contribution < -0.4 is 10.6 Å². The summed E-state index contributed by atoms with van der Waals surface area (Å²) in [6.07, 6.45) is 2.55. The van der Waals surface area contributed by atoms with Crippen molar-refractivity contribution in [2.45, 2.75) is 39.2 Å². The molecule has 1 saturated heterocycles. The third-order valence-electron chi connectivity index (χ3n) is 2.64. The smallest absolute Gasteiger partial charge is 0.0506 e. The first kappa shape index (κ1) is 12.9. The summed E-state index contributed by atoms with van der Waals surface area (Å²) >= 11 is 0. The highest BCUT2D eigenvalue weighted by Gasteiger charge is 2.13. The molecule has 3 nitrogen and oxygen atoms in total. The lowest BCUT2D eigenvalue weighted by Crippen LogP contribution is -2.41. The van der Waals surface area contributed by atoms with E-state index in [1.54, 1.807) is 0 Å². The average molecular weight is 214 g/mol. The van der Waals surface area contributed by atoms with Crippen molar-refractivity contribution in [2.24, 2.45) is 5.92 Å². The van der Waals surface area contributed by atoms with Crippen LogP contribution in [0.4, 0.5) is 0 Å².